The Bertz CT molecular complexity index is 607. The van der Waals surface area contributed by atoms with Gasteiger partial charge in [-0.1, -0.05) is 29.5 Å². The van der Waals surface area contributed by atoms with E-state index in [1.54, 1.807) is 11.8 Å². The maximum atomic E-state index is 5.76. The van der Waals surface area contributed by atoms with Crippen LogP contribution in [-0.2, 0) is 4.74 Å². The Balaban J connectivity index is 1.74. The van der Waals surface area contributed by atoms with Crippen molar-refractivity contribution in [2.75, 3.05) is 12.4 Å². The summed E-state index contributed by atoms with van der Waals surface area (Å²) in [5.74, 6) is 0.908. The predicted molar refractivity (Wildman–Crippen MR) is 82.9 cm³/mol. The molecule has 21 heavy (non-hydrogen) atoms. The standard InChI is InChI=1S/C15H20N4OS/c1-11-6-7-14(12(2)9-11)19-15(16-17-18-19)21-10-13-5-3-4-8-20-13/h6-7,9,13H,3-5,8,10H2,1-2H3. The van der Waals surface area contributed by atoms with E-state index in [1.807, 2.05) is 4.68 Å². The van der Waals surface area contributed by atoms with E-state index in [0.29, 0.717) is 6.10 Å². The van der Waals surface area contributed by atoms with Gasteiger partial charge < -0.3 is 4.74 Å². The van der Waals surface area contributed by atoms with E-state index in [1.165, 1.54) is 24.0 Å². The van der Waals surface area contributed by atoms with Crippen LogP contribution in [0.25, 0.3) is 5.69 Å². The molecular formula is C15H20N4OS. The highest BCUT2D eigenvalue weighted by molar-refractivity contribution is 7.99. The number of thioether (sulfide) groups is 1. The van der Waals surface area contributed by atoms with E-state index < -0.39 is 0 Å². The van der Waals surface area contributed by atoms with E-state index in [0.717, 1.165) is 29.6 Å². The van der Waals surface area contributed by atoms with Crippen molar-refractivity contribution in [3.8, 4) is 5.69 Å². The van der Waals surface area contributed by atoms with Crippen LogP contribution in [0.2, 0.25) is 0 Å². The predicted octanol–water partition coefficient (Wildman–Crippen LogP) is 2.94. The van der Waals surface area contributed by atoms with Gasteiger partial charge in [0.2, 0.25) is 5.16 Å². The quantitative estimate of drug-likeness (QED) is 0.813. The third-order valence-electron chi connectivity index (χ3n) is 3.69. The summed E-state index contributed by atoms with van der Waals surface area (Å²) in [5.41, 5.74) is 3.46. The first-order valence-corrected chi connectivity index (χ1v) is 8.33. The molecular weight excluding hydrogens is 284 g/mol. The molecule has 0 saturated carbocycles. The Morgan fingerprint density at radius 3 is 3.00 bits per heavy atom. The Kier molecular flexibility index (Phi) is 4.55. The summed E-state index contributed by atoms with van der Waals surface area (Å²) in [6.45, 7) is 5.06. The topological polar surface area (TPSA) is 52.8 Å². The van der Waals surface area contributed by atoms with E-state index in [2.05, 4.69) is 47.6 Å². The SMILES string of the molecule is Cc1ccc(-n2nnnc2SCC2CCCCO2)c(C)c1. The van der Waals surface area contributed by atoms with Crippen LogP contribution in [0.4, 0.5) is 0 Å². The number of hydrogen-bond donors (Lipinski definition) is 0. The fraction of sp³-hybridized carbons (Fsp3) is 0.533. The zero-order valence-electron chi connectivity index (χ0n) is 12.5. The van der Waals surface area contributed by atoms with Gasteiger partial charge in [0.15, 0.2) is 0 Å². The maximum Gasteiger partial charge on any atom is 0.214 e. The van der Waals surface area contributed by atoms with Crippen LogP contribution in [0.15, 0.2) is 23.4 Å². The van der Waals surface area contributed by atoms with Crippen LogP contribution in [0, 0.1) is 13.8 Å². The average molecular weight is 304 g/mol. The molecule has 0 radical (unpaired) electrons. The van der Waals surface area contributed by atoms with Crippen molar-refractivity contribution in [2.45, 2.75) is 44.4 Å². The van der Waals surface area contributed by atoms with Gasteiger partial charge in [0.05, 0.1) is 11.8 Å². The van der Waals surface area contributed by atoms with Crippen molar-refractivity contribution in [3.05, 3.63) is 29.3 Å². The summed E-state index contributed by atoms with van der Waals surface area (Å²) in [6.07, 6.45) is 3.90. The van der Waals surface area contributed by atoms with Crippen molar-refractivity contribution in [1.82, 2.24) is 20.2 Å². The third-order valence-corrected chi connectivity index (χ3v) is 4.74. The lowest BCUT2D eigenvalue weighted by Crippen LogP contribution is -2.21. The second-order valence-corrected chi connectivity index (χ2v) is 6.45. The first-order chi connectivity index (χ1) is 10.2. The third kappa shape index (κ3) is 3.44. The first-order valence-electron chi connectivity index (χ1n) is 7.34. The fourth-order valence-corrected chi connectivity index (χ4v) is 3.52. The van der Waals surface area contributed by atoms with Crippen LogP contribution >= 0.6 is 11.8 Å². The molecule has 0 spiro atoms. The zero-order chi connectivity index (χ0) is 14.7. The van der Waals surface area contributed by atoms with Crippen molar-refractivity contribution < 1.29 is 4.74 Å². The van der Waals surface area contributed by atoms with E-state index >= 15 is 0 Å². The van der Waals surface area contributed by atoms with Gasteiger partial charge in [-0.05, 0) is 55.2 Å². The van der Waals surface area contributed by atoms with Crippen LogP contribution in [0.1, 0.15) is 30.4 Å². The minimum absolute atomic E-state index is 0.327. The summed E-state index contributed by atoms with van der Waals surface area (Å²) in [4.78, 5) is 0. The Hall–Kier alpha value is -1.40. The van der Waals surface area contributed by atoms with E-state index in [9.17, 15) is 0 Å². The number of nitrogens with zero attached hydrogens (tertiary/aromatic N) is 4. The lowest BCUT2D eigenvalue weighted by atomic mass is 10.1. The van der Waals surface area contributed by atoms with Crippen molar-refractivity contribution >= 4 is 11.8 Å². The molecule has 1 aliphatic rings. The van der Waals surface area contributed by atoms with Gasteiger partial charge in [-0.3, -0.25) is 0 Å². The molecule has 1 aromatic heterocycles. The largest absolute Gasteiger partial charge is 0.377 e. The van der Waals surface area contributed by atoms with E-state index in [4.69, 9.17) is 4.74 Å². The van der Waals surface area contributed by atoms with Crippen LogP contribution in [0.5, 0.6) is 0 Å². The summed E-state index contributed by atoms with van der Waals surface area (Å²) in [6, 6.07) is 6.31. The number of hydrogen-bond acceptors (Lipinski definition) is 5. The number of tetrazole rings is 1. The molecule has 0 N–H and O–H groups in total. The average Bonchev–Trinajstić information content (AvgIpc) is 2.94. The van der Waals surface area contributed by atoms with Crippen LogP contribution < -0.4 is 0 Å². The fourth-order valence-electron chi connectivity index (χ4n) is 2.57. The maximum absolute atomic E-state index is 5.76. The zero-order valence-corrected chi connectivity index (χ0v) is 13.3. The number of aromatic nitrogens is 4. The van der Waals surface area contributed by atoms with Gasteiger partial charge in [-0.25, -0.2) is 0 Å². The second kappa shape index (κ2) is 6.58. The number of ether oxygens (including phenoxy) is 1. The van der Waals surface area contributed by atoms with Crippen LogP contribution in [-0.4, -0.2) is 38.7 Å². The van der Waals surface area contributed by atoms with Gasteiger partial charge in [0.25, 0.3) is 0 Å². The molecule has 1 atom stereocenters. The van der Waals surface area contributed by atoms with Gasteiger partial charge in [-0.15, -0.1) is 5.10 Å². The van der Waals surface area contributed by atoms with Crippen LogP contribution in [0.3, 0.4) is 0 Å². The summed E-state index contributed by atoms with van der Waals surface area (Å²) >= 11 is 1.67. The molecule has 1 fully saturated rings. The summed E-state index contributed by atoms with van der Waals surface area (Å²) in [5, 5.41) is 12.9. The van der Waals surface area contributed by atoms with Gasteiger partial charge in [-0.2, -0.15) is 4.68 Å². The summed E-state index contributed by atoms with van der Waals surface area (Å²) < 4.78 is 7.58. The Morgan fingerprint density at radius 2 is 2.24 bits per heavy atom. The molecule has 1 saturated heterocycles. The number of rotatable bonds is 4. The number of benzene rings is 1. The molecule has 0 bridgehead atoms. The minimum atomic E-state index is 0.327. The normalized spacial score (nSPS) is 18.9. The molecule has 3 rings (SSSR count). The van der Waals surface area contributed by atoms with E-state index in [-0.39, 0.29) is 0 Å². The molecule has 1 unspecified atom stereocenters. The van der Waals surface area contributed by atoms with Gasteiger partial charge in [0, 0.05) is 12.4 Å². The highest BCUT2D eigenvalue weighted by Gasteiger charge is 2.17. The Labute approximate surface area is 129 Å². The molecule has 2 heterocycles. The molecule has 0 aliphatic carbocycles. The molecule has 5 nitrogen and oxygen atoms in total. The molecule has 0 amide bonds. The second-order valence-electron chi connectivity index (χ2n) is 5.46. The van der Waals surface area contributed by atoms with Crippen molar-refractivity contribution in [1.29, 1.82) is 0 Å². The van der Waals surface area contributed by atoms with Gasteiger partial charge >= 0.3 is 0 Å². The highest BCUT2D eigenvalue weighted by atomic mass is 32.2. The smallest absolute Gasteiger partial charge is 0.214 e. The monoisotopic (exact) mass is 304 g/mol. The molecule has 1 aliphatic heterocycles. The summed E-state index contributed by atoms with van der Waals surface area (Å²) in [7, 11) is 0. The molecule has 1 aromatic carbocycles. The van der Waals surface area contributed by atoms with Gasteiger partial charge in [0.1, 0.15) is 0 Å². The molecule has 6 heteroatoms. The first kappa shape index (κ1) is 14.5. The molecule has 112 valence electrons. The number of aryl methyl sites for hydroxylation is 2. The Morgan fingerprint density at radius 1 is 1.33 bits per heavy atom. The lowest BCUT2D eigenvalue weighted by molar-refractivity contribution is 0.0315. The van der Waals surface area contributed by atoms with Crippen molar-refractivity contribution in [3.63, 3.8) is 0 Å². The lowest BCUT2D eigenvalue weighted by Gasteiger charge is -2.21. The highest BCUT2D eigenvalue weighted by Crippen LogP contribution is 2.24. The molecule has 2 aromatic rings. The minimum Gasteiger partial charge on any atom is -0.377 e. The van der Waals surface area contributed by atoms with Crippen molar-refractivity contribution in [2.24, 2.45) is 0 Å².